The first-order valence-electron chi connectivity index (χ1n) is 6.05. The van der Waals surface area contributed by atoms with Gasteiger partial charge in [0.1, 0.15) is 0 Å². The van der Waals surface area contributed by atoms with Crippen LogP contribution >= 0.6 is 0 Å². The highest BCUT2D eigenvalue weighted by Gasteiger charge is 2.18. The third kappa shape index (κ3) is 2.92. The van der Waals surface area contributed by atoms with E-state index in [0.717, 1.165) is 24.6 Å². The molecule has 0 amide bonds. The van der Waals surface area contributed by atoms with Crippen LogP contribution in [0, 0.1) is 5.92 Å². The third-order valence-electron chi connectivity index (χ3n) is 3.39. The number of aromatic amines is 1. The number of rotatable bonds is 3. The van der Waals surface area contributed by atoms with Crippen LogP contribution < -0.4 is 5.56 Å². The van der Waals surface area contributed by atoms with Gasteiger partial charge in [0.2, 0.25) is 0 Å². The molecule has 1 aliphatic heterocycles. The molecule has 1 N–H and O–H groups in total. The summed E-state index contributed by atoms with van der Waals surface area (Å²) in [7, 11) is 0. The van der Waals surface area contributed by atoms with E-state index in [0.29, 0.717) is 0 Å². The van der Waals surface area contributed by atoms with Crippen molar-refractivity contribution in [2.24, 2.45) is 5.92 Å². The molecule has 4 nitrogen and oxygen atoms in total. The van der Waals surface area contributed by atoms with Crippen molar-refractivity contribution < 1.29 is 0 Å². The molecule has 0 aliphatic carbocycles. The Bertz CT molecular complexity index is 360. The van der Waals surface area contributed by atoms with Crippen molar-refractivity contribution in [3.8, 4) is 0 Å². The van der Waals surface area contributed by atoms with Gasteiger partial charge in [-0.1, -0.05) is 6.92 Å². The molecule has 1 saturated heterocycles. The monoisotopic (exact) mass is 221 g/mol. The SMILES string of the molecule is CCN1CCC(Cc2ccc(=O)[nH]n2)CC1. The first-order chi connectivity index (χ1) is 7.78. The van der Waals surface area contributed by atoms with E-state index in [1.807, 2.05) is 6.07 Å². The van der Waals surface area contributed by atoms with Crippen molar-refractivity contribution in [1.82, 2.24) is 15.1 Å². The average molecular weight is 221 g/mol. The maximum Gasteiger partial charge on any atom is 0.264 e. The van der Waals surface area contributed by atoms with E-state index in [2.05, 4.69) is 22.0 Å². The molecule has 4 heteroatoms. The molecule has 88 valence electrons. The zero-order chi connectivity index (χ0) is 11.4. The fourth-order valence-corrected chi connectivity index (χ4v) is 2.29. The van der Waals surface area contributed by atoms with E-state index in [-0.39, 0.29) is 5.56 Å². The molecule has 1 aromatic heterocycles. The fraction of sp³-hybridized carbons (Fsp3) is 0.667. The van der Waals surface area contributed by atoms with Gasteiger partial charge in [0.25, 0.3) is 5.56 Å². The van der Waals surface area contributed by atoms with Gasteiger partial charge in [-0.3, -0.25) is 4.79 Å². The second-order valence-electron chi connectivity index (χ2n) is 4.49. The van der Waals surface area contributed by atoms with Crippen molar-refractivity contribution >= 4 is 0 Å². The Morgan fingerprint density at radius 3 is 2.75 bits per heavy atom. The van der Waals surface area contributed by atoms with Crippen molar-refractivity contribution in [3.05, 3.63) is 28.2 Å². The van der Waals surface area contributed by atoms with E-state index < -0.39 is 0 Å². The lowest BCUT2D eigenvalue weighted by Gasteiger charge is -2.30. The summed E-state index contributed by atoms with van der Waals surface area (Å²) >= 11 is 0. The van der Waals surface area contributed by atoms with Gasteiger partial charge in [-0.2, -0.15) is 5.10 Å². The number of nitrogens with one attached hydrogen (secondary N) is 1. The molecule has 1 fully saturated rings. The number of hydrogen-bond donors (Lipinski definition) is 1. The van der Waals surface area contributed by atoms with Crippen LogP contribution in [0.25, 0.3) is 0 Å². The second-order valence-corrected chi connectivity index (χ2v) is 4.49. The molecule has 0 aromatic carbocycles. The Hall–Kier alpha value is -1.16. The molecule has 0 unspecified atom stereocenters. The first kappa shape index (κ1) is 11.3. The highest BCUT2D eigenvalue weighted by atomic mass is 16.1. The second kappa shape index (κ2) is 5.25. The summed E-state index contributed by atoms with van der Waals surface area (Å²) in [6.07, 6.45) is 3.48. The molecule has 1 aromatic rings. The molecule has 2 heterocycles. The number of likely N-dealkylation sites (tertiary alicyclic amines) is 1. The maximum atomic E-state index is 10.9. The summed E-state index contributed by atoms with van der Waals surface area (Å²) < 4.78 is 0. The van der Waals surface area contributed by atoms with E-state index in [1.165, 1.54) is 25.9 Å². The number of hydrogen-bond acceptors (Lipinski definition) is 3. The molecule has 1 aliphatic rings. The topological polar surface area (TPSA) is 49.0 Å². The van der Waals surface area contributed by atoms with Gasteiger partial charge in [0, 0.05) is 6.07 Å². The zero-order valence-electron chi connectivity index (χ0n) is 9.78. The van der Waals surface area contributed by atoms with E-state index in [1.54, 1.807) is 6.07 Å². The third-order valence-corrected chi connectivity index (χ3v) is 3.39. The minimum atomic E-state index is -0.121. The lowest BCUT2D eigenvalue weighted by atomic mass is 9.92. The fourth-order valence-electron chi connectivity index (χ4n) is 2.29. The van der Waals surface area contributed by atoms with Crippen LogP contribution in [0.4, 0.5) is 0 Å². The highest BCUT2D eigenvalue weighted by Crippen LogP contribution is 2.20. The van der Waals surface area contributed by atoms with Crippen LogP contribution in [0.15, 0.2) is 16.9 Å². The van der Waals surface area contributed by atoms with Gasteiger partial charge in [-0.25, -0.2) is 5.10 Å². The summed E-state index contributed by atoms with van der Waals surface area (Å²) in [5, 5.41) is 6.55. The Kier molecular flexibility index (Phi) is 3.72. The normalized spacial score (nSPS) is 18.8. The van der Waals surface area contributed by atoms with Gasteiger partial charge < -0.3 is 4.90 Å². The molecule has 0 bridgehead atoms. The van der Waals surface area contributed by atoms with E-state index >= 15 is 0 Å². The molecule has 16 heavy (non-hydrogen) atoms. The smallest absolute Gasteiger partial charge is 0.264 e. The molecule has 0 radical (unpaired) electrons. The standard InChI is InChI=1S/C12H19N3O/c1-2-15-7-5-10(6-8-15)9-11-3-4-12(16)14-13-11/h3-4,10H,2,5-9H2,1H3,(H,14,16). The number of H-pyrrole nitrogens is 1. The lowest BCUT2D eigenvalue weighted by molar-refractivity contribution is 0.191. The minimum absolute atomic E-state index is 0.121. The van der Waals surface area contributed by atoms with Crippen molar-refractivity contribution in [2.75, 3.05) is 19.6 Å². The summed E-state index contributed by atoms with van der Waals surface area (Å²) in [4.78, 5) is 13.4. The quantitative estimate of drug-likeness (QED) is 0.829. The van der Waals surface area contributed by atoms with E-state index in [4.69, 9.17) is 0 Å². The number of piperidine rings is 1. The number of nitrogens with zero attached hydrogens (tertiary/aromatic N) is 2. The Balaban J connectivity index is 1.87. The molecule has 0 atom stereocenters. The molecule has 0 spiro atoms. The van der Waals surface area contributed by atoms with Crippen LogP contribution in [0.2, 0.25) is 0 Å². The number of aromatic nitrogens is 2. The van der Waals surface area contributed by atoms with Crippen LogP contribution in [0.5, 0.6) is 0 Å². The van der Waals surface area contributed by atoms with Gasteiger partial charge >= 0.3 is 0 Å². The molecule has 0 saturated carbocycles. The molecular formula is C12H19N3O. The van der Waals surface area contributed by atoms with Crippen molar-refractivity contribution in [1.29, 1.82) is 0 Å². The van der Waals surface area contributed by atoms with Gasteiger partial charge in [0.05, 0.1) is 5.69 Å². The Morgan fingerprint density at radius 1 is 1.44 bits per heavy atom. The minimum Gasteiger partial charge on any atom is -0.304 e. The predicted octanol–water partition coefficient (Wildman–Crippen LogP) is 1.04. The summed E-state index contributed by atoms with van der Waals surface area (Å²) in [5.41, 5.74) is 0.888. The molecule has 2 rings (SSSR count). The average Bonchev–Trinajstić information content (AvgIpc) is 2.33. The molecular weight excluding hydrogens is 202 g/mol. The Labute approximate surface area is 95.7 Å². The summed E-state index contributed by atoms with van der Waals surface area (Å²) in [6, 6.07) is 3.40. The summed E-state index contributed by atoms with van der Waals surface area (Å²) in [5.74, 6) is 0.723. The van der Waals surface area contributed by atoms with E-state index in [9.17, 15) is 4.79 Å². The predicted molar refractivity (Wildman–Crippen MR) is 63.4 cm³/mol. The zero-order valence-corrected chi connectivity index (χ0v) is 9.78. The highest BCUT2D eigenvalue weighted by molar-refractivity contribution is 5.01. The van der Waals surface area contributed by atoms with Crippen LogP contribution in [0.1, 0.15) is 25.5 Å². The van der Waals surface area contributed by atoms with Crippen molar-refractivity contribution in [3.63, 3.8) is 0 Å². The summed E-state index contributed by atoms with van der Waals surface area (Å²) in [6.45, 7) is 5.77. The van der Waals surface area contributed by atoms with Gasteiger partial charge in [-0.05, 0) is 50.9 Å². The van der Waals surface area contributed by atoms with Crippen LogP contribution in [-0.2, 0) is 6.42 Å². The lowest BCUT2D eigenvalue weighted by Crippen LogP contribution is -2.34. The van der Waals surface area contributed by atoms with Crippen LogP contribution in [-0.4, -0.2) is 34.7 Å². The maximum absolute atomic E-state index is 10.9. The van der Waals surface area contributed by atoms with Crippen molar-refractivity contribution in [2.45, 2.75) is 26.2 Å². The van der Waals surface area contributed by atoms with Gasteiger partial charge in [0.15, 0.2) is 0 Å². The van der Waals surface area contributed by atoms with Gasteiger partial charge in [-0.15, -0.1) is 0 Å². The first-order valence-corrected chi connectivity index (χ1v) is 6.05. The Morgan fingerprint density at radius 2 is 2.19 bits per heavy atom. The van der Waals surface area contributed by atoms with Crippen LogP contribution in [0.3, 0.4) is 0 Å². The largest absolute Gasteiger partial charge is 0.304 e.